The van der Waals surface area contributed by atoms with Crippen molar-refractivity contribution in [3.63, 3.8) is 0 Å². The number of aryl methyl sites for hydroxylation is 2. The summed E-state index contributed by atoms with van der Waals surface area (Å²) in [7, 11) is 1.59. The van der Waals surface area contributed by atoms with Crippen molar-refractivity contribution in [3.05, 3.63) is 50.9 Å². The van der Waals surface area contributed by atoms with Crippen LogP contribution in [0, 0.1) is 0 Å². The van der Waals surface area contributed by atoms with Gasteiger partial charge in [0, 0.05) is 4.88 Å². The minimum atomic E-state index is -0.747. The Bertz CT molecular complexity index is 1300. The number of carbonyl (C=O) groups is 1. The molecule has 2 heterocycles. The highest BCUT2D eigenvalue weighted by Crippen LogP contribution is 2.33. The number of hydrazone groups is 1. The Labute approximate surface area is 215 Å². The number of benzene rings is 1. The number of hydrogen-bond acceptors (Lipinski definition) is 7. The van der Waals surface area contributed by atoms with E-state index in [2.05, 4.69) is 22.4 Å². The molecular formula is C27H34N4O4S. The number of amides is 1. The topological polar surface area (TPSA) is 94.8 Å². The fraction of sp³-hybridized carbons (Fsp3) is 0.481. The Hall–Kier alpha value is -3.20. The van der Waals surface area contributed by atoms with Gasteiger partial charge in [-0.2, -0.15) is 5.10 Å². The Balaban J connectivity index is 1.40. The molecular weight excluding hydrogens is 476 g/mol. The largest absolute Gasteiger partial charge is 0.493 e. The van der Waals surface area contributed by atoms with Crippen molar-refractivity contribution in [3.8, 4) is 11.5 Å². The first-order valence-corrected chi connectivity index (χ1v) is 13.5. The molecule has 9 heteroatoms. The molecule has 2 aromatic heterocycles. The number of unbranched alkanes of at least 4 members (excludes halogenated alkanes) is 3. The van der Waals surface area contributed by atoms with Gasteiger partial charge in [-0.25, -0.2) is 10.4 Å². The number of ether oxygens (including phenoxy) is 2. The van der Waals surface area contributed by atoms with Gasteiger partial charge < -0.3 is 9.47 Å². The molecule has 0 saturated carbocycles. The molecule has 0 bridgehead atoms. The summed E-state index contributed by atoms with van der Waals surface area (Å²) in [6.45, 7) is 4.50. The first kappa shape index (κ1) is 25.9. The van der Waals surface area contributed by atoms with E-state index in [1.807, 2.05) is 18.2 Å². The lowest BCUT2D eigenvalue weighted by atomic mass is 9.97. The molecule has 0 radical (unpaired) electrons. The van der Waals surface area contributed by atoms with Crippen LogP contribution in [0.25, 0.3) is 10.2 Å². The molecule has 1 aliphatic rings. The van der Waals surface area contributed by atoms with Gasteiger partial charge in [0.2, 0.25) is 0 Å². The van der Waals surface area contributed by atoms with E-state index in [0.717, 1.165) is 54.5 Å². The average molecular weight is 511 g/mol. The summed E-state index contributed by atoms with van der Waals surface area (Å²) in [5.41, 5.74) is 4.24. The highest BCUT2D eigenvalue weighted by Gasteiger charge is 2.23. The molecule has 36 heavy (non-hydrogen) atoms. The zero-order valence-corrected chi connectivity index (χ0v) is 22.0. The normalized spacial score (nSPS) is 14.1. The Morgan fingerprint density at radius 1 is 1.25 bits per heavy atom. The standard InChI is InChI=1S/C27H34N4O4S/c1-4-5-6-9-14-35-21-13-12-19(15-22(21)34-3)16-29-30-25(32)18(2)31-17-28-26-24(27(31)33)20-10-7-8-11-23(20)36-26/h12-13,15-18H,4-11,14H2,1-3H3,(H,30,32)/b29-16+/t18-/m0/s1. The molecule has 1 amide bonds. The quantitative estimate of drug-likeness (QED) is 0.222. The zero-order chi connectivity index (χ0) is 25.5. The van der Waals surface area contributed by atoms with Crippen molar-refractivity contribution in [1.82, 2.24) is 15.0 Å². The summed E-state index contributed by atoms with van der Waals surface area (Å²) in [5.74, 6) is 0.901. The monoisotopic (exact) mass is 510 g/mol. The van der Waals surface area contributed by atoms with Crippen LogP contribution in [0.2, 0.25) is 0 Å². The van der Waals surface area contributed by atoms with Crippen molar-refractivity contribution in [1.29, 1.82) is 0 Å². The van der Waals surface area contributed by atoms with Gasteiger partial charge >= 0.3 is 0 Å². The van der Waals surface area contributed by atoms with E-state index < -0.39 is 11.9 Å². The van der Waals surface area contributed by atoms with Crippen LogP contribution in [0.15, 0.2) is 34.4 Å². The number of fused-ring (bicyclic) bond motifs is 3. The van der Waals surface area contributed by atoms with Gasteiger partial charge in [-0.15, -0.1) is 11.3 Å². The molecule has 1 N–H and O–H groups in total. The third-order valence-corrected chi connectivity index (χ3v) is 7.73. The average Bonchev–Trinajstić information content (AvgIpc) is 3.28. The van der Waals surface area contributed by atoms with E-state index in [4.69, 9.17) is 9.47 Å². The van der Waals surface area contributed by atoms with E-state index in [0.29, 0.717) is 23.5 Å². The van der Waals surface area contributed by atoms with Crippen molar-refractivity contribution in [2.75, 3.05) is 13.7 Å². The number of thiophene rings is 1. The van der Waals surface area contributed by atoms with E-state index in [1.165, 1.54) is 34.8 Å². The van der Waals surface area contributed by atoms with Gasteiger partial charge in [-0.05, 0) is 68.4 Å². The third kappa shape index (κ3) is 5.78. The number of rotatable bonds is 11. The molecule has 0 unspecified atom stereocenters. The molecule has 0 saturated heterocycles. The lowest BCUT2D eigenvalue weighted by Crippen LogP contribution is -2.34. The van der Waals surface area contributed by atoms with Crippen molar-refractivity contribution in [2.24, 2.45) is 5.10 Å². The molecule has 192 valence electrons. The van der Waals surface area contributed by atoms with Crippen LogP contribution in [-0.4, -0.2) is 35.4 Å². The van der Waals surface area contributed by atoms with Crippen LogP contribution in [0.5, 0.6) is 11.5 Å². The second kappa shape index (κ2) is 12.2. The second-order valence-electron chi connectivity index (χ2n) is 9.08. The molecule has 4 rings (SSSR count). The van der Waals surface area contributed by atoms with E-state index >= 15 is 0 Å². The minimum Gasteiger partial charge on any atom is -0.493 e. The van der Waals surface area contributed by atoms with E-state index in [1.54, 1.807) is 25.4 Å². The van der Waals surface area contributed by atoms with Crippen LogP contribution < -0.4 is 20.5 Å². The van der Waals surface area contributed by atoms with Gasteiger partial charge in [0.1, 0.15) is 10.9 Å². The maximum absolute atomic E-state index is 13.2. The van der Waals surface area contributed by atoms with Crippen molar-refractivity contribution in [2.45, 2.75) is 71.3 Å². The number of aromatic nitrogens is 2. The zero-order valence-electron chi connectivity index (χ0n) is 21.2. The summed E-state index contributed by atoms with van der Waals surface area (Å²) < 4.78 is 12.7. The number of hydrogen-bond donors (Lipinski definition) is 1. The van der Waals surface area contributed by atoms with Gasteiger partial charge in [0.25, 0.3) is 11.5 Å². The molecule has 0 spiro atoms. The fourth-order valence-corrected chi connectivity index (χ4v) is 5.64. The molecule has 3 aromatic rings. The maximum Gasteiger partial charge on any atom is 0.263 e. The predicted molar refractivity (Wildman–Crippen MR) is 144 cm³/mol. The first-order valence-electron chi connectivity index (χ1n) is 12.7. The van der Waals surface area contributed by atoms with Crippen LogP contribution >= 0.6 is 11.3 Å². The molecule has 0 aliphatic heterocycles. The summed E-state index contributed by atoms with van der Waals surface area (Å²) >= 11 is 1.60. The van der Waals surface area contributed by atoms with E-state index in [-0.39, 0.29) is 5.56 Å². The maximum atomic E-state index is 13.2. The number of nitrogens with zero attached hydrogens (tertiary/aromatic N) is 3. The van der Waals surface area contributed by atoms with Gasteiger partial charge in [0.05, 0.1) is 31.6 Å². The van der Waals surface area contributed by atoms with Gasteiger partial charge in [0.15, 0.2) is 11.5 Å². The lowest BCUT2D eigenvalue weighted by Gasteiger charge is -2.14. The summed E-state index contributed by atoms with van der Waals surface area (Å²) in [6.07, 6.45) is 11.7. The molecule has 1 atom stereocenters. The SMILES string of the molecule is CCCCCCOc1ccc(/C=N/NC(=O)[C@H](C)n2cnc3sc4c(c3c2=O)CCCC4)cc1OC. The predicted octanol–water partition coefficient (Wildman–Crippen LogP) is 5.02. The molecule has 1 aromatic carbocycles. The van der Waals surface area contributed by atoms with Gasteiger partial charge in [-0.3, -0.25) is 14.2 Å². The fourth-order valence-electron chi connectivity index (χ4n) is 4.42. The van der Waals surface area contributed by atoms with Crippen LogP contribution in [0.3, 0.4) is 0 Å². The Kier molecular flexibility index (Phi) is 8.74. The Morgan fingerprint density at radius 3 is 2.89 bits per heavy atom. The minimum absolute atomic E-state index is 0.166. The second-order valence-corrected chi connectivity index (χ2v) is 10.2. The van der Waals surface area contributed by atoms with Crippen molar-refractivity contribution >= 4 is 33.7 Å². The highest BCUT2D eigenvalue weighted by atomic mass is 32.1. The molecule has 1 aliphatic carbocycles. The van der Waals surface area contributed by atoms with Crippen molar-refractivity contribution < 1.29 is 14.3 Å². The lowest BCUT2D eigenvalue weighted by molar-refractivity contribution is -0.123. The molecule has 0 fully saturated rings. The summed E-state index contributed by atoms with van der Waals surface area (Å²) in [5, 5.41) is 4.75. The number of methoxy groups -OCH3 is 1. The molecule has 8 nitrogen and oxygen atoms in total. The Morgan fingerprint density at radius 2 is 2.08 bits per heavy atom. The third-order valence-electron chi connectivity index (χ3n) is 6.53. The number of nitrogens with one attached hydrogen (secondary N) is 1. The summed E-state index contributed by atoms with van der Waals surface area (Å²) in [4.78, 5) is 32.5. The van der Waals surface area contributed by atoms with Crippen LogP contribution in [-0.2, 0) is 17.6 Å². The number of carbonyl (C=O) groups excluding carboxylic acids is 1. The van der Waals surface area contributed by atoms with Gasteiger partial charge in [-0.1, -0.05) is 26.2 Å². The van der Waals surface area contributed by atoms with Crippen LogP contribution in [0.4, 0.5) is 0 Å². The smallest absolute Gasteiger partial charge is 0.263 e. The first-order chi connectivity index (χ1) is 17.5. The highest BCUT2D eigenvalue weighted by molar-refractivity contribution is 7.18. The summed E-state index contributed by atoms with van der Waals surface area (Å²) in [6, 6.07) is 4.75. The van der Waals surface area contributed by atoms with Crippen LogP contribution in [0.1, 0.15) is 74.4 Å². The van der Waals surface area contributed by atoms with E-state index in [9.17, 15) is 9.59 Å².